The van der Waals surface area contributed by atoms with E-state index in [1.165, 1.54) is 65.0 Å². The van der Waals surface area contributed by atoms with Crippen molar-refractivity contribution in [3.05, 3.63) is 162 Å². The highest BCUT2D eigenvalue weighted by Gasteiger charge is 2.45. The Kier molecular flexibility index (Phi) is 21.0. The summed E-state index contributed by atoms with van der Waals surface area (Å²) in [6.07, 6.45) is -1.10. The van der Waals surface area contributed by atoms with Crippen molar-refractivity contribution in [3.8, 4) is 51.1 Å². The fraction of sp³-hybridized carbons (Fsp3) is 0.417. The Morgan fingerprint density at radius 3 is 1.52 bits per heavy atom. The summed E-state index contributed by atoms with van der Waals surface area (Å²) in [6, 6.07) is 22.2. The number of benzene rings is 4. The SMILES string of the molecule is COCOc1cccc(F)c1-c1nc2c(cc1F)c(N1C[C@@H](C)N(C(=O)OC(C)(C)C)C[C@@H]1CO)c([N+](=O)[O-])c(=O)n2-c1ccccc1C(C)C.COCOc1cccc(F)c1-c1nc2c(cc1F)c1c(c(=O)n2-c2ccccc2C(C)C)OC[C@H]2CN(C(=O)OC(C)(C)C)[C@H](C)CN12. The molecule has 2 fully saturated rings. The third-order valence-electron chi connectivity index (χ3n) is 17.1. The van der Waals surface area contributed by atoms with Crippen LogP contribution in [-0.2, 0) is 18.9 Å². The Bertz CT molecular complexity index is 4540. The molecular formula is C72H81F4N9O14. The average Bonchev–Trinajstić information content (AvgIpc) is 0.723. The fourth-order valence-electron chi connectivity index (χ4n) is 12.7. The van der Waals surface area contributed by atoms with Crippen LogP contribution in [0.25, 0.3) is 56.0 Å². The smallest absolute Gasteiger partial charge is 0.410 e. The number of amides is 2. The molecule has 0 aliphatic carbocycles. The van der Waals surface area contributed by atoms with Crippen LogP contribution in [0.1, 0.15) is 106 Å². The molecule has 99 heavy (non-hydrogen) atoms. The molecule has 0 saturated carbocycles. The maximum absolute atomic E-state index is 16.5. The standard InChI is InChI=1S/C36H41F2N5O8.C36H40F2N4O6/c1-20(2)23-11-8-9-13-27(23)42-33-24(15-26(38)30(39-33)29-25(37)12-10-14-28(29)50-19-49-7)31(32(34(42)45)43(47)48)41-16-21(3)40(17-22(41)18-44)35(46)51-36(4,5)6;1-20(2)23-11-8-9-13-27(23)42-33-24(15-26(38)30(39-33)29-25(37)12-10-14-28(29)47-19-45-7)31-32(34(42)43)46-18-22-17-40(21(3)16-41(22)31)35(44)48-36(4,5)6/h8-15,20-22,44H,16-19H2,1-7H3;8-15,20-22H,16-19H2,1-7H3/t2*21-,22-/m11/s1. The summed E-state index contributed by atoms with van der Waals surface area (Å²) in [5.74, 6) is -3.65. The van der Waals surface area contributed by atoms with E-state index >= 15 is 17.6 Å². The van der Waals surface area contributed by atoms with E-state index in [2.05, 4.69) is 4.98 Å². The zero-order chi connectivity index (χ0) is 71.9. The fourth-order valence-corrected chi connectivity index (χ4v) is 12.7. The van der Waals surface area contributed by atoms with E-state index in [1.54, 1.807) is 62.9 Å². The van der Waals surface area contributed by atoms with Crippen molar-refractivity contribution in [2.75, 3.05) is 77.0 Å². The number of fused-ring (bicyclic) bond motifs is 6. The molecule has 526 valence electrons. The molecule has 0 radical (unpaired) electrons. The second-order valence-electron chi connectivity index (χ2n) is 27.1. The minimum atomic E-state index is -1.08. The molecule has 3 aliphatic heterocycles. The number of hydrogen-bond donors (Lipinski definition) is 1. The number of halogens is 4. The van der Waals surface area contributed by atoms with Crippen LogP contribution >= 0.6 is 0 Å². The van der Waals surface area contributed by atoms with Gasteiger partial charge in [-0.15, -0.1) is 0 Å². The largest absolute Gasteiger partial charge is 0.484 e. The molecule has 27 heteroatoms. The summed E-state index contributed by atoms with van der Waals surface area (Å²) in [5.41, 5.74) is -3.02. The Labute approximate surface area is 569 Å². The zero-order valence-electron chi connectivity index (χ0n) is 57.6. The van der Waals surface area contributed by atoms with Gasteiger partial charge < -0.3 is 57.9 Å². The van der Waals surface area contributed by atoms with Gasteiger partial charge in [0.1, 0.15) is 58.0 Å². The lowest BCUT2D eigenvalue weighted by atomic mass is 9.99. The van der Waals surface area contributed by atoms with Crippen LogP contribution in [0.2, 0.25) is 0 Å². The molecule has 0 spiro atoms. The Morgan fingerprint density at radius 1 is 0.626 bits per heavy atom. The third kappa shape index (κ3) is 14.4. The van der Waals surface area contributed by atoms with Crippen molar-refractivity contribution in [1.29, 1.82) is 0 Å². The first kappa shape index (κ1) is 71.9. The lowest BCUT2D eigenvalue weighted by Gasteiger charge is -2.48. The van der Waals surface area contributed by atoms with Crippen molar-refractivity contribution in [1.82, 2.24) is 28.9 Å². The molecule has 8 aromatic rings. The van der Waals surface area contributed by atoms with Crippen molar-refractivity contribution in [2.45, 2.75) is 130 Å². The summed E-state index contributed by atoms with van der Waals surface area (Å²) in [7, 11) is 2.78. The maximum Gasteiger partial charge on any atom is 0.410 e. The predicted octanol–water partition coefficient (Wildman–Crippen LogP) is 12.8. The molecule has 4 atom stereocenters. The number of anilines is 2. The first-order valence-electron chi connectivity index (χ1n) is 32.4. The first-order valence-corrected chi connectivity index (χ1v) is 32.4. The number of para-hydroxylation sites is 2. The molecule has 11 rings (SSSR count). The van der Waals surface area contributed by atoms with Crippen molar-refractivity contribution in [2.24, 2.45) is 0 Å². The third-order valence-corrected chi connectivity index (χ3v) is 17.1. The highest BCUT2D eigenvalue weighted by atomic mass is 19.1. The maximum atomic E-state index is 16.5. The summed E-state index contributed by atoms with van der Waals surface area (Å²) in [5, 5.41) is 23.7. The van der Waals surface area contributed by atoms with Gasteiger partial charge in [-0.1, -0.05) is 76.2 Å². The van der Waals surface area contributed by atoms with Crippen LogP contribution in [0.4, 0.5) is 44.2 Å². The van der Waals surface area contributed by atoms with Gasteiger partial charge in [0.05, 0.1) is 57.2 Å². The van der Waals surface area contributed by atoms with E-state index in [0.717, 1.165) is 22.3 Å². The summed E-state index contributed by atoms with van der Waals surface area (Å²) >= 11 is 0. The molecule has 7 heterocycles. The lowest BCUT2D eigenvalue weighted by molar-refractivity contribution is -0.385. The van der Waals surface area contributed by atoms with Crippen LogP contribution in [-0.4, -0.2) is 154 Å². The number of aromatic nitrogens is 4. The molecule has 2 saturated heterocycles. The summed E-state index contributed by atoms with van der Waals surface area (Å²) in [4.78, 5) is 83.2. The van der Waals surface area contributed by atoms with E-state index < -0.39 is 92.8 Å². The van der Waals surface area contributed by atoms with Gasteiger partial charge in [0.2, 0.25) is 5.75 Å². The van der Waals surface area contributed by atoms with E-state index in [9.17, 15) is 34.4 Å². The monoisotopic (exact) mass is 1370 g/mol. The number of piperazine rings is 2. The Morgan fingerprint density at radius 2 is 1.07 bits per heavy atom. The van der Waals surface area contributed by atoms with Gasteiger partial charge in [-0.25, -0.2) is 37.1 Å². The number of rotatable bonds is 15. The number of aliphatic hydroxyl groups excluding tert-OH is 1. The Hall–Kier alpha value is -9.86. The summed E-state index contributed by atoms with van der Waals surface area (Å²) in [6.45, 7) is 21.3. The molecule has 1 N–H and O–H groups in total. The number of methoxy groups -OCH3 is 2. The number of ether oxygens (including phenoxy) is 7. The minimum absolute atomic E-state index is 0.0202. The number of carbonyl (C=O) groups excluding carboxylic acids is 2. The van der Waals surface area contributed by atoms with Gasteiger partial charge in [-0.2, -0.15) is 0 Å². The topological polar surface area (TPSA) is 245 Å². The quantitative estimate of drug-likeness (QED) is 0.0434. The van der Waals surface area contributed by atoms with Crippen LogP contribution < -0.4 is 35.1 Å². The number of hydrogen-bond acceptors (Lipinski definition) is 18. The summed E-state index contributed by atoms with van der Waals surface area (Å²) < 4.78 is 105. The van der Waals surface area contributed by atoms with E-state index in [-0.39, 0.29) is 126 Å². The van der Waals surface area contributed by atoms with Gasteiger partial charge in [0, 0.05) is 57.9 Å². The molecule has 0 unspecified atom stereocenters. The minimum Gasteiger partial charge on any atom is -0.484 e. The molecule has 0 bridgehead atoms. The highest BCUT2D eigenvalue weighted by molar-refractivity contribution is 5.99. The Balaban J connectivity index is 0.000000215. The van der Waals surface area contributed by atoms with E-state index in [4.69, 9.17) is 38.1 Å². The second kappa shape index (κ2) is 28.9. The molecule has 23 nitrogen and oxygen atoms in total. The van der Waals surface area contributed by atoms with Gasteiger partial charge in [0.15, 0.2) is 36.5 Å². The van der Waals surface area contributed by atoms with Gasteiger partial charge in [0.25, 0.3) is 0 Å². The van der Waals surface area contributed by atoms with Gasteiger partial charge in [-0.05, 0) is 127 Å². The molecule has 3 aliphatic rings. The molecule has 4 aromatic carbocycles. The highest BCUT2D eigenvalue weighted by Crippen LogP contribution is 2.45. The van der Waals surface area contributed by atoms with Crippen LogP contribution in [0.15, 0.2) is 107 Å². The number of aliphatic hydroxyl groups is 1. The number of carbonyl (C=O) groups is 2. The van der Waals surface area contributed by atoms with Crippen molar-refractivity contribution < 1.29 is 70.3 Å². The van der Waals surface area contributed by atoms with Gasteiger partial charge in [-0.3, -0.25) is 28.8 Å². The van der Waals surface area contributed by atoms with Crippen molar-refractivity contribution >= 4 is 51.3 Å². The molecular weight excluding hydrogens is 1290 g/mol. The van der Waals surface area contributed by atoms with E-state index in [0.29, 0.717) is 28.9 Å². The second-order valence-corrected chi connectivity index (χ2v) is 27.1. The predicted molar refractivity (Wildman–Crippen MR) is 365 cm³/mol. The zero-order valence-corrected chi connectivity index (χ0v) is 57.6. The normalized spacial score (nSPS) is 17.1. The lowest BCUT2D eigenvalue weighted by Crippen LogP contribution is -2.62. The van der Waals surface area contributed by atoms with Crippen LogP contribution in [0.5, 0.6) is 17.2 Å². The number of nitro groups is 1. The van der Waals surface area contributed by atoms with Crippen LogP contribution in [0.3, 0.4) is 0 Å². The first-order chi connectivity index (χ1) is 46.9. The average molecular weight is 1370 g/mol. The number of pyridine rings is 4. The van der Waals surface area contributed by atoms with E-state index in [1.807, 2.05) is 78.5 Å². The molecule has 4 aromatic heterocycles. The van der Waals surface area contributed by atoms with Gasteiger partial charge >= 0.3 is 29.0 Å². The number of nitrogens with zero attached hydrogens (tertiary/aromatic N) is 9. The van der Waals surface area contributed by atoms with Crippen LogP contribution in [0, 0.1) is 33.4 Å². The van der Waals surface area contributed by atoms with Crippen molar-refractivity contribution in [3.63, 3.8) is 0 Å². The molecule has 2 amide bonds.